The van der Waals surface area contributed by atoms with Gasteiger partial charge < -0.3 is 38.6 Å². The van der Waals surface area contributed by atoms with E-state index >= 15 is 8.78 Å². The first-order valence-electron chi connectivity index (χ1n) is 15.0. The predicted octanol–water partition coefficient (Wildman–Crippen LogP) is 3.55. The summed E-state index contributed by atoms with van der Waals surface area (Å²) in [5, 5.41) is 15.3. The van der Waals surface area contributed by atoms with Crippen LogP contribution in [0.5, 0.6) is 23.0 Å². The van der Waals surface area contributed by atoms with Gasteiger partial charge in [0.1, 0.15) is 23.7 Å². The maximum Gasteiger partial charge on any atom is 0.459 e. The third-order valence-electron chi connectivity index (χ3n) is 7.07. The first-order valence-corrected chi connectivity index (χ1v) is 16.6. The molecule has 16 nitrogen and oxygen atoms in total. The summed E-state index contributed by atoms with van der Waals surface area (Å²) >= 11 is 0. The number of para-hydroxylation sites is 1. The molecule has 4 rings (SSSR count). The zero-order valence-electron chi connectivity index (χ0n) is 27.8. The fraction of sp³-hybridized carbons (Fsp3) is 0.419. The summed E-state index contributed by atoms with van der Waals surface area (Å²) in [4.78, 5) is 41.9. The maximum absolute atomic E-state index is 15.4. The van der Waals surface area contributed by atoms with Gasteiger partial charge in [-0.2, -0.15) is 18.9 Å². The van der Waals surface area contributed by atoms with E-state index in [-0.39, 0.29) is 34.4 Å². The van der Waals surface area contributed by atoms with Gasteiger partial charge in [-0.15, -0.1) is 0 Å². The van der Waals surface area contributed by atoms with Crippen molar-refractivity contribution in [2.75, 3.05) is 33.3 Å². The van der Waals surface area contributed by atoms with Gasteiger partial charge in [0.25, 0.3) is 5.91 Å². The van der Waals surface area contributed by atoms with Gasteiger partial charge in [-0.25, -0.2) is 9.36 Å². The molecule has 1 aliphatic heterocycles. The van der Waals surface area contributed by atoms with Gasteiger partial charge in [-0.1, -0.05) is 18.2 Å². The van der Waals surface area contributed by atoms with Crippen LogP contribution in [0.15, 0.2) is 59.5 Å². The number of nitrogens with one attached hydrogen (secondary N) is 2. The highest BCUT2D eigenvalue weighted by Crippen LogP contribution is 2.48. The lowest BCUT2D eigenvalue weighted by atomic mass is 10.1. The Labute approximate surface area is 285 Å². The fourth-order valence-corrected chi connectivity index (χ4v) is 6.18. The lowest BCUT2D eigenvalue weighted by molar-refractivity contribution is -0.149. The number of carbonyl (C=O) groups is 2. The molecule has 2 aromatic carbocycles. The molecule has 0 bridgehead atoms. The van der Waals surface area contributed by atoms with Crippen molar-refractivity contribution in [2.45, 2.75) is 57.3 Å². The lowest BCUT2D eigenvalue weighted by Crippen LogP contribution is -2.42. The summed E-state index contributed by atoms with van der Waals surface area (Å²) in [5.74, 6) is -5.25. The molecule has 19 heteroatoms. The second kappa shape index (κ2) is 15.9. The number of ether oxygens (including phenoxy) is 5. The summed E-state index contributed by atoms with van der Waals surface area (Å²) in [6.07, 6.45) is -6.37. The van der Waals surface area contributed by atoms with Crippen molar-refractivity contribution in [3.05, 3.63) is 70.8 Å². The van der Waals surface area contributed by atoms with Crippen LogP contribution in [0.2, 0.25) is 0 Å². The Morgan fingerprint density at radius 1 is 1.06 bits per heavy atom. The lowest BCUT2D eigenvalue weighted by Gasteiger charge is -2.25. The van der Waals surface area contributed by atoms with Gasteiger partial charge in [0.05, 0.1) is 34.0 Å². The van der Waals surface area contributed by atoms with Crippen LogP contribution >= 0.6 is 7.75 Å². The van der Waals surface area contributed by atoms with Crippen LogP contribution in [0.25, 0.3) is 0 Å². The average Bonchev–Trinajstić information content (AvgIpc) is 3.30. The third kappa shape index (κ3) is 8.75. The number of methoxy groups -OCH3 is 3. The normalized spacial score (nSPS) is 20.0. The quantitative estimate of drug-likeness (QED) is 0.152. The molecule has 0 aliphatic carbocycles. The number of alkyl halides is 2. The van der Waals surface area contributed by atoms with Crippen molar-refractivity contribution in [3.63, 3.8) is 0 Å². The molecule has 2 unspecified atom stereocenters. The summed E-state index contributed by atoms with van der Waals surface area (Å²) in [5.41, 5.74) is -1.22. The summed E-state index contributed by atoms with van der Waals surface area (Å²) in [6.45, 7) is 3.62. The number of aromatic nitrogens is 2. The number of hydrogen-bond donors (Lipinski definition) is 3. The number of aliphatic hydroxyl groups excluding tert-OH is 1. The van der Waals surface area contributed by atoms with Gasteiger partial charge in [0.15, 0.2) is 17.6 Å². The van der Waals surface area contributed by atoms with E-state index in [9.17, 15) is 24.1 Å². The number of halogens is 2. The van der Waals surface area contributed by atoms with E-state index in [0.717, 1.165) is 12.3 Å². The van der Waals surface area contributed by atoms with Gasteiger partial charge in [0.2, 0.25) is 12.0 Å². The number of rotatable bonds is 15. The second-order valence-corrected chi connectivity index (χ2v) is 12.7. The Bertz CT molecular complexity index is 1750. The first-order chi connectivity index (χ1) is 23.6. The van der Waals surface area contributed by atoms with Gasteiger partial charge >= 0.3 is 25.3 Å². The molecular weight excluding hydrogens is 689 g/mol. The zero-order chi connectivity index (χ0) is 36.8. The predicted molar refractivity (Wildman–Crippen MR) is 172 cm³/mol. The maximum atomic E-state index is 15.4. The van der Waals surface area contributed by atoms with E-state index in [1.807, 2.05) is 0 Å². The highest BCUT2D eigenvalue weighted by Gasteiger charge is 2.60. The summed E-state index contributed by atoms with van der Waals surface area (Å²) < 4.78 is 81.9. The van der Waals surface area contributed by atoms with Crippen molar-refractivity contribution in [1.82, 2.24) is 14.6 Å². The molecule has 1 amide bonds. The van der Waals surface area contributed by atoms with Crippen molar-refractivity contribution in [1.29, 1.82) is 0 Å². The highest BCUT2D eigenvalue weighted by atomic mass is 31.2. The molecule has 1 saturated heterocycles. The number of hydrogen-bond acceptors (Lipinski definition) is 13. The van der Waals surface area contributed by atoms with E-state index in [0.29, 0.717) is 4.57 Å². The molecule has 3 N–H and O–H groups in total. The number of carbonyl (C=O) groups excluding carboxylic acids is 2. The molecule has 0 spiro atoms. The van der Waals surface area contributed by atoms with Crippen molar-refractivity contribution < 1.29 is 60.8 Å². The minimum Gasteiger partial charge on any atom is -0.493 e. The molecular formula is C31H37F2N4O12P. The Balaban J connectivity index is 1.50. The largest absolute Gasteiger partial charge is 0.493 e. The topological polar surface area (TPSA) is 195 Å². The summed E-state index contributed by atoms with van der Waals surface area (Å²) in [6, 6.07) is 10.2. The van der Waals surface area contributed by atoms with Crippen LogP contribution < -0.4 is 34.8 Å². The smallest absolute Gasteiger partial charge is 0.459 e. The molecule has 2 heterocycles. The molecule has 0 saturated carbocycles. The minimum absolute atomic E-state index is 0.0383. The SMILES string of the molecule is COc1cc(C(=O)Nc2ccn(C3O[C@H](COP(=O)(N[C@H](C)C(=O)OC(C)C)Oc4ccccc4)[C@@H](O)C3(F)F)c(=O)n2)cc(OC)c1OC. The molecule has 1 aliphatic rings. The van der Waals surface area contributed by atoms with Crippen molar-refractivity contribution in [3.8, 4) is 23.0 Å². The molecule has 5 atom stereocenters. The first kappa shape index (κ1) is 38.2. The fourth-order valence-electron chi connectivity index (χ4n) is 4.67. The number of anilines is 1. The Kier molecular flexibility index (Phi) is 12.2. The number of nitrogens with zero attached hydrogens (tertiary/aromatic N) is 2. The molecule has 272 valence electrons. The van der Waals surface area contributed by atoms with Gasteiger partial charge in [-0.3, -0.25) is 18.7 Å². The van der Waals surface area contributed by atoms with Crippen LogP contribution in [-0.2, 0) is 23.4 Å². The van der Waals surface area contributed by atoms with Crippen LogP contribution in [0.3, 0.4) is 0 Å². The monoisotopic (exact) mass is 726 g/mol. The standard InChI is InChI=1S/C31H37F2N4O12P/c1-17(2)47-28(40)18(3)36-50(42,49-20-10-8-7-9-11-20)46-16-23-26(38)31(32,33)29(48-23)37-13-12-24(35-30(37)41)34-27(39)19-14-21(43-4)25(45-6)22(15-19)44-5/h7-15,17-18,23,26,29,38H,16H2,1-6H3,(H,36,42)(H,34,35,39,41)/t18-,23-,26-,29?,50?/m1/s1. The average molecular weight is 727 g/mol. The van der Waals surface area contributed by atoms with Gasteiger partial charge in [-0.05, 0) is 51.1 Å². The highest BCUT2D eigenvalue weighted by molar-refractivity contribution is 7.52. The number of esters is 1. The molecule has 3 aromatic rings. The van der Waals surface area contributed by atoms with E-state index in [1.54, 1.807) is 32.0 Å². The van der Waals surface area contributed by atoms with Crippen LogP contribution in [0.4, 0.5) is 14.6 Å². The number of amides is 1. The number of aliphatic hydroxyl groups is 1. The third-order valence-corrected chi connectivity index (χ3v) is 8.71. The van der Waals surface area contributed by atoms with Crippen LogP contribution in [-0.4, -0.2) is 84.7 Å². The van der Waals surface area contributed by atoms with Crippen molar-refractivity contribution >= 4 is 25.4 Å². The second-order valence-electron chi connectivity index (χ2n) is 11.1. The van der Waals surface area contributed by atoms with E-state index in [1.165, 1.54) is 52.5 Å². The Morgan fingerprint density at radius 3 is 2.26 bits per heavy atom. The molecule has 1 fully saturated rings. The molecule has 1 aromatic heterocycles. The van der Waals surface area contributed by atoms with Crippen LogP contribution in [0.1, 0.15) is 37.4 Å². The summed E-state index contributed by atoms with van der Waals surface area (Å²) in [7, 11) is -0.409. The zero-order valence-corrected chi connectivity index (χ0v) is 28.7. The van der Waals surface area contributed by atoms with Crippen LogP contribution in [0, 0.1) is 0 Å². The van der Waals surface area contributed by atoms with Crippen molar-refractivity contribution in [2.24, 2.45) is 0 Å². The van der Waals surface area contributed by atoms with Gasteiger partial charge in [0, 0.05) is 11.8 Å². The van der Waals surface area contributed by atoms with E-state index < -0.39 is 68.4 Å². The Morgan fingerprint density at radius 2 is 1.70 bits per heavy atom. The number of benzene rings is 2. The van der Waals surface area contributed by atoms with E-state index in [2.05, 4.69) is 15.4 Å². The van der Waals surface area contributed by atoms with E-state index in [4.69, 9.17) is 32.7 Å². The molecule has 0 radical (unpaired) electrons. The Hall–Kier alpha value is -4.61. The minimum atomic E-state index is -4.51. The molecule has 50 heavy (non-hydrogen) atoms.